The number of amides is 1. The van der Waals surface area contributed by atoms with Gasteiger partial charge in [0.05, 0.1) is 17.0 Å². The van der Waals surface area contributed by atoms with E-state index in [1.807, 2.05) is 55.5 Å². The van der Waals surface area contributed by atoms with Gasteiger partial charge in [-0.2, -0.15) is 10.1 Å². The van der Waals surface area contributed by atoms with Crippen LogP contribution in [-0.2, 0) is 4.79 Å². The molecule has 1 aliphatic heterocycles. The van der Waals surface area contributed by atoms with Crippen molar-refractivity contribution in [1.29, 1.82) is 0 Å². The Kier molecular flexibility index (Phi) is 4.11. The van der Waals surface area contributed by atoms with Crippen LogP contribution in [0.5, 0.6) is 0 Å². The molecule has 23 heavy (non-hydrogen) atoms. The molecule has 0 radical (unpaired) electrons. The highest BCUT2D eigenvalue weighted by molar-refractivity contribution is 6.32. The molecule has 0 spiro atoms. The van der Waals surface area contributed by atoms with Gasteiger partial charge >= 0.3 is 0 Å². The zero-order valence-corrected chi connectivity index (χ0v) is 13.7. The van der Waals surface area contributed by atoms with Crippen LogP contribution in [0, 0.1) is 0 Å². The fourth-order valence-electron chi connectivity index (χ4n) is 2.57. The molecule has 1 heterocycles. The van der Waals surface area contributed by atoms with Crippen LogP contribution in [0.15, 0.2) is 65.3 Å². The third kappa shape index (κ3) is 3.09. The van der Waals surface area contributed by atoms with Crippen LogP contribution in [0.1, 0.15) is 37.8 Å². The third-order valence-corrected chi connectivity index (χ3v) is 3.98. The van der Waals surface area contributed by atoms with Gasteiger partial charge in [0, 0.05) is 0 Å². The van der Waals surface area contributed by atoms with Gasteiger partial charge in [0.2, 0.25) is 0 Å². The average Bonchev–Trinajstić information content (AvgIpc) is 2.84. The number of carbonyl (C=O) groups excluding carboxylic acids is 1. The molecular weight excluding hydrogens is 284 g/mol. The molecule has 2 aromatic carbocycles. The number of hydrazone groups is 1. The number of anilines is 1. The van der Waals surface area contributed by atoms with E-state index in [0.29, 0.717) is 11.5 Å². The third-order valence-electron chi connectivity index (χ3n) is 3.98. The van der Waals surface area contributed by atoms with Gasteiger partial charge in [0.25, 0.3) is 5.91 Å². The van der Waals surface area contributed by atoms with Crippen molar-refractivity contribution in [3.05, 3.63) is 71.3 Å². The van der Waals surface area contributed by atoms with E-state index in [4.69, 9.17) is 0 Å². The first kappa shape index (κ1) is 15.2. The number of benzene rings is 2. The highest BCUT2D eigenvalue weighted by Crippen LogP contribution is 2.25. The molecule has 0 unspecified atom stereocenters. The number of hydrogen-bond acceptors (Lipinski definition) is 2. The van der Waals surface area contributed by atoms with Gasteiger partial charge in [-0.05, 0) is 42.2 Å². The van der Waals surface area contributed by atoms with Crippen molar-refractivity contribution < 1.29 is 4.79 Å². The maximum Gasteiger partial charge on any atom is 0.280 e. The second-order valence-corrected chi connectivity index (χ2v) is 6.02. The lowest BCUT2D eigenvalue weighted by Crippen LogP contribution is -2.21. The van der Waals surface area contributed by atoms with Crippen LogP contribution in [-0.4, -0.2) is 11.6 Å². The molecule has 0 aliphatic carbocycles. The molecule has 0 saturated carbocycles. The fraction of sp³-hybridized carbons (Fsp3) is 0.200. The normalized spacial score (nSPS) is 16.3. The number of nitrogens with zero attached hydrogens (tertiary/aromatic N) is 2. The van der Waals surface area contributed by atoms with E-state index < -0.39 is 0 Å². The predicted molar refractivity (Wildman–Crippen MR) is 95.5 cm³/mol. The number of para-hydroxylation sites is 1. The van der Waals surface area contributed by atoms with Crippen molar-refractivity contribution >= 4 is 23.4 Å². The second kappa shape index (κ2) is 6.21. The minimum Gasteiger partial charge on any atom is -0.267 e. The molecule has 0 N–H and O–H groups in total. The summed E-state index contributed by atoms with van der Waals surface area (Å²) in [6.45, 7) is 6.21. The van der Waals surface area contributed by atoms with E-state index in [1.165, 1.54) is 10.6 Å². The maximum atomic E-state index is 12.6. The minimum absolute atomic E-state index is 0.0818. The molecule has 0 aromatic heterocycles. The predicted octanol–water partition coefficient (Wildman–Crippen LogP) is 4.62. The van der Waals surface area contributed by atoms with Gasteiger partial charge in [0.1, 0.15) is 0 Å². The summed E-state index contributed by atoms with van der Waals surface area (Å²) in [6, 6.07) is 17.8. The Bertz CT molecular complexity index is 771. The smallest absolute Gasteiger partial charge is 0.267 e. The van der Waals surface area contributed by atoms with Crippen molar-refractivity contribution in [2.75, 3.05) is 5.01 Å². The van der Waals surface area contributed by atoms with Gasteiger partial charge in [-0.1, -0.05) is 56.3 Å². The Morgan fingerprint density at radius 3 is 2.26 bits per heavy atom. The summed E-state index contributed by atoms with van der Waals surface area (Å²) in [5, 5.41) is 5.86. The lowest BCUT2D eigenvalue weighted by Gasteiger charge is -2.11. The SMILES string of the molecule is CC1=NN(c2ccccc2)C(=O)/C1=C\c1ccc(C(C)C)cc1. The van der Waals surface area contributed by atoms with E-state index >= 15 is 0 Å². The quantitative estimate of drug-likeness (QED) is 0.762. The molecule has 3 rings (SSSR count). The van der Waals surface area contributed by atoms with Gasteiger partial charge in [0.15, 0.2) is 0 Å². The molecule has 1 aliphatic rings. The number of hydrogen-bond donors (Lipinski definition) is 0. The fourth-order valence-corrected chi connectivity index (χ4v) is 2.57. The second-order valence-electron chi connectivity index (χ2n) is 6.02. The lowest BCUT2D eigenvalue weighted by atomic mass is 10.0. The van der Waals surface area contributed by atoms with Crippen molar-refractivity contribution in [2.24, 2.45) is 5.10 Å². The first-order valence-electron chi connectivity index (χ1n) is 7.83. The average molecular weight is 304 g/mol. The van der Waals surface area contributed by atoms with Crippen LogP contribution in [0.4, 0.5) is 5.69 Å². The Labute approximate surface area is 136 Å². The topological polar surface area (TPSA) is 32.7 Å². The van der Waals surface area contributed by atoms with Gasteiger partial charge in [-0.3, -0.25) is 4.79 Å². The first-order valence-corrected chi connectivity index (χ1v) is 7.83. The van der Waals surface area contributed by atoms with Gasteiger partial charge in [-0.25, -0.2) is 0 Å². The highest BCUT2D eigenvalue weighted by Gasteiger charge is 2.28. The summed E-state index contributed by atoms with van der Waals surface area (Å²) in [5.74, 6) is 0.420. The Morgan fingerprint density at radius 2 is 1.65 bits per heavy atom. The maximum absolute atomic E-state index is 12.6. The zero-order valence-electron chi connectivity index (χ0n) is 13.7. The molecule has 1 amide bonds. The van der Waals surface area contributed by atoms with E-state index in [0.717, 1.165) is 17.0 Å². The molecule has 0 atom stereocenters. The van der Waals surface area contributed by atoms with Gasteiger partial charge in [-0.15, -0.1) is 0 Å². The standard InChI is InChI=1S/C20H20N2O/c1-14(2)17-11-9-16(10-12-17)13-19-15(3)21-22(20(19)23)18-7-5-4-6-8-18/h4-14H,1-3H3/b19-13-. The van der Waals surface area contributed by atoms with E-state index in [-0.39, 0.29) is 5.91 Å². The van der Waals surface area contributed by atoms with E-state index in [2.05, 4.69) is 31.1 Å². The van der Waals surface area contributed by atoms with Crippen LogP contribution < -0.4 is 5.01 Å². The summed E-state index contributed by atoms with van der Waals surface area (Å²) in [4.78, 5) is 12.6. The Morgan fingerprint density at radius 1 is 1.00 bits per heavy atom. The van der Waals surface area contributed by atoms with E-state index in [1.54, 1.807) is 0 Å². The molecule has 3 nitrogen and oxygen atoms in total. The van der Waals surface area contributed by atoms with Crippen LogP contribution in [0.2, 0.25) is 0 Å². The van der Waals surface area contributed by atoms with Crippen LogP contribution >= 0.6 is 0 Å². The van der Waals surface area contributed by atoms with Crippen molar-refractivity contribution in [3.63, 3.8) is 0 Å². The molecule has 2 aromatic rings. The Hall–Kier alpha value is -2.68. The molecule has 116 valence electrons. The summed E-state index contributed by atoms with van der Waals surface area (Å²) < 4.78 is 0. The summed E-state index contributed by atoms with van der Waals surface area (Å²) in [7, 11) is 0. The summed E-state index contributed by atoms with van der Waals surface area (Å²) in [5.41, 5.74) is 4.48. The first-order chi connectivity index (χ1) is 11.1. The van der Waals surface area contributed by atoms with Crippen LogP contribution in [0.3, 0.4) is 0 Å². The minimum atomic E-state index is -0.0818. The van der Waals surface area contributed by atoms with Crippen LogP contribution in [0.25, 0.3) is 6.08 Å². The monoisotopic (exact) mass is 304 g/mol. The van der Waals surface area contributed by atoms with E-state index in [9.17, 15) is 4.79 Å². The molecule has 3 heteroatoms. The highest BCUT2D eigenvalue weighted by atomic mass is 16.2. The number of carbonyl (C=O) groups is 1. The zero-order chi connectivity index (χ0) is 16.4. The lowest BCUT2D eigenvalue weighted by molar-refractivity contribution is -0.114. The molecule has 0 bridgehead atoms. The summed E-state index contributed by atoms with van der Waals surface area (Å²) >= 11 is 0. The van der Waals surface area contributed by atoms with Crippen molar-refractivity contribution in [3.8, 4) is 0 Å². The summed E-state index contributed by atoms with van der Waals surface area (Å²) in [6.07, 6.45) is 1.91. The van der Waals surface area contributed by atoms with Crippen molar-refractivity contribution in [1.82, 2.24) is 0 Å². The van der Waals surface area contributed by atoms with Gasteiger partial charge < -0.3 is 0 Å². The molecule has 0 saturated heterocycles. The molecule has 0 fully saturated rings. The Balaban J connectivity index is 1.89. The number of rotatable bonds is 3. The largest absolute Gasteiger partial charge is 0.280 e. The van der Waals surface area contributed by atoms with Crippen molar-refractivity contribution in [2.45, 2.75) is 26.7 Å². The molecular formula is C20H20N2O.